The molecule has 10 heteroatoms. The molecule has 0 aliphatic heterocycles. The first-order valence-corrected chi connectivity index (χ1v) is 10.4. The van der Waals surface area contributed by atoms with E-state index in [4.69, 9.17) is 4.74 Å². The molecule has 0 fully saturated rings. The molecule has 3 rings (SSSR count). The van der Waals surface area contributed by atoms with Crippen molar-refractivity contribution in [1.82, 2.24) is 5.32 Å². The average Bonchev–Trinajstić information content (AvgIpc) is 2.80. The van der Waals surface area contributed by atoms with E-state index in [1.54, 1.807) is 30.3 Å². The van der Waals surface area contributed by atoms with Crippen molar-refractivity contribution in [3.8, 4) is 5.75 Å². The number of amides is 1. The molecule has 0 bridgehead atoms. The highest BCUT2D eigenvalue weighted by Crippen LogP contribution is 2.36. The highest BCUT2D eigenvalue weighted by atomic mass is 19.4. The lowest BCUT2D eigenvalue weighted by Gasteiger charge is -2.19. The van der Waals surface area contributed by atoms with Gasteiger partial charge in [0, 0.05) is 18.0 Å². The van der Waals surface area contributed by atoms with Crippen LogP contribution < -0.4 is 5.32 Å². The second kappa shape index (κ2) is 10.8. The predicted molar refractivity (Wildman–Crippen MR) is 116 cm³/mol. The van der Waals surface area contributed by atoms with E-state index in [1.807, 2.05) is 0 Å². The molecule has 1 amide bonds. The van der Waals surface area contributed by atoms with Crippen molar-refractivity contribution in [3.63, 3.8) is 0 Å². The Morgan fingerprint density at radius 3 is 1.97 bits per heavy atom. The van der Waals surface area contributed by atoms with Crippen LogP contribution in [0.3, 0.4) is 0 Å². The van der Waals surface area contributed by atoms with Crippen molar-refractivity contribution in [2.24, 2.45) is 0 Å². The Bertz CT molecular complexity index is 1100. The second-order valence-electron chi connectivity index (χ2n) is 7.79. The number of halogens is 6. The molecule has 0 heterocycles. The van der Waals surface area contributed by atoms with Gasteiger partial charge in [-0.25, -0.2) is 0 Å². The standard InChI is InChI=1S/C25H21F6NO3/c26-24(27,28)20-10-16(11-21(12-20)25(29,30)31)14-35-15-19(17-4-2-1-3-5-17)13-32-23(34)18-6-8-22(33)9-7-18/h1-12,19,33H,13-15H2,(H,32,34). The lowest BCUT2D eigenvalue weighted by molar-refractivity contribution is -0.143. The van der Waals surface area contributed by atoms with Crippen LogP contribution in [0.1, 0.15) is 38.5 Å². The van der Waals surface area contributed by atoms with E-state index in [-0.39, 0.29) is 30.5 Å². The number of aromatic hydroxyl groups is 1. The van der Waals surface area contributed by atoms with E-state index >= 15 is 0 Å². The van der Waals surface area contributed by atoms with E-state index < -0.39 is 41.9 Å². The van der Waals surface area contributed by atoms with Crippen molar-refractivity contribution in [1.29, 1.82) is 0 Å². The minimum Gasteiger partial charge on any atom is -0.508 e. The molecule has 1 unspecified atom stereocenters. The van der Waals surface area contributed by atoms with Gasteiger partial charge in [-0.2, -0.15) is 26.3 Å². The summed E-state index contributed by atoms with van der Waals surface area (Å²) in [5, 5.41) is 12.1. The number of nitrogens with one attached hydrogen (secondary N) is 1. The highest BCUT2D eigenvalue weighted by molar-refractivity contribution is 5.94. The number of phenolic OH excluding ortho intramolecular Hbond substituents is 1. The Hall–Kier alpha value is -3.53. The van der Waals surface area contributed by atoms with Gasteiger partial charge in [0.25, 0.3) is 5.91 Å². The van der Waals surface area contributed by atoms with Crippen molar-refractivity contribution in [2.45, 2.75) is 24.9 Å². The van der Waals surface area contributed by atoms with Gasteiger partial charge in [-0.05, 0) is 53.6 Å². The third kappa shape index (κ3) is 7.48. The molecule has 3 aromatic rings. The lowest BCUT2D eigenvalue weighted by Crippen LogP contribution is -2.30. The molecule has 0 aromatic heterocycles. The summed E-state index contributed by atoms with van der Waals surface area (Å²) in [6, 6.07) is 15.7. The molecule has 0 radical (unpaired) electrons. The fraction of sp³-hybridized carbons (Fsp3) is 0.240. The maximum absolute atomic E-state index is 13.1. The van der Waals surface area contributed by atoms with Crippen LogP contribution in [0.25, 0.3) is 0 Å². The SMILES string of the molecule is O=C(NCC(COCc1cc(C(F)(F)F)cc(C(F)(F)F)c1)c1ccccc1)c1ccc(O)cc1. The fourth-order valence-corrected chi connectivity index (χ4v) is 3.35. The van der Waals surface area contributed by atoms with Crippen molar-refractivity contribution in [2.75, 3.05) is 13.2 Å². The molecule has 0 aliphatic carbocycles. The maximum atomic E-state index is 13.1. The van der Waals surface area contributed by atoms with Crippen LogP contribution in [-0.2, 0) is 23.7 Å². The summed E-state index contributed by atoms with van der Waals surface area (Å²) >= 11 is 0. The van der Waals surface area contributed by atoms with Gasteiger partial charge >= 0.3 is 12.4 Å². The zero-order chi connectivity index (χ0) is 25.6. The van der Waals surface area contributed by atoms with Gasteiger partial charge in [-0.3, -0.25) is 4.79 Å². The number of benzene rings is 3. The summed E-state index contributed by atoms with van der Waals surface area (Å²) in [5.74, 6) is -0.843. The summed E-state index contributed by atoms with van der Waals surface area (Å²) in [4.78, 5) is 12.4. The Kier molecular flexibility index (Phi) is 8.06. The molecule has 2 N–H and O–H groups in total. The normalized spacial score (nSPS) is 12.9. The maximum Gasteiger partial charge on any atom is 0.416 e. The van der Waals surface area contributed by atoms with Gasteiger partial charge in [0.05, 0.1) is 24.3 Å². The quantitative estimate of drug-likeness (QED) is 0.367. The highest BCUT2D eigenvalue weighted by Gasteiger charge is 2.36. The number of hydrogen-bond acceptors (Lipinski definition) is 3. The van der Waals surface area contributed by atoms with Crippen LogP contribution in [0.4, 0.5) is 26.3 Å². The topological polar surface area (TPSA) is 58.6 Å². The van der Waals surface area contributed by atoms with Crippen LogP contribution >= 0.6 is 0 Å². The lowest BCUT2D eigenvalue weighted by atomic mass is 9.99. The predicted octanol–water partition coefficient (Wildman–Crippen LogP) is 6.16. The number of phenols is 1. The summed E-state index contributed by atoms with van der Waals surface area (Å²) < 4.78 is 84.0. The fourth-order valence-electron chi connectivity index (χ4n) is 3.35. The number of hydrogen-bond donors (Lipinski definition) is 2. The minimum absolute atomic E-state index is 0.000357. The monoisotopic (exact) mass is 497 g/mol. The second-order valence-corrected chi connectivity index (χ2v) is 7.79. The Morgan fingerprint density at radius 1 is 0.857 bits per heavy atom. The van der Waals surface area contributed by atoms with E-state index in [9.17, 15) is 36.2 Å². The number of ether oxygens (including phenoxy) is 1. The summed E-state index contributed by atoms with van der Waals surface area (Å²) in [6.07, 6.45) is -9.89. The van der Waals surface area contributed by atoms with E-state index in [1.165, 1.54) is 24.3 Å². The van der Waals surface area contributed by atoms with Crippen molar-refractivity contribution in [3.05, 3.63) is 101 Å². The van der Waals surface area contributed by atoms with Crippen molar-refractivity contribution >= 4 is 5.91 Å². The van der Waals surface area contributed by atoms with Crippen LogP contribution in [-0.4, -0.2) is 24.2 Å². The van der Waals surface area contributed by atoms with Gasteiger partial charge in [-0.1, -0.05) is 30.3 Å². The largest absolute Gasteiger partial charge is 0.508 e. The summed E-state index contributed by atoms with van der Waals surface area (Å²) in [5.41, 5.74) is -2.02. The van der Waals surface area contributed by atoms with Gasteiger partial charge < -0.3 is 15.2 Å². The molecule has 0 saturated heterocycles. The molecule has 35 heavy (non-hydrogen) atoms. The molecule has 4 nitrogen and oxygen atoms in total. The Morgan fingerprint density at radius 2 is 1.43 bits per heavy atom. The first-order valence-electron chi connectivity index (χ1n) is 10.4. The molecular formula is C25H21F6NO3. The smallest absolute Gasteiger partial charge is 0.416 e. The van der Waals surface area contributed by atoms with E-state index in [0.717, 1.165) is 5.56 Å². The zero-order valence-corrected chi connectivity index (χ0v) is 18.2. The molecule has 3 aromatic carbocycles. The van der Waals surface area contributed by atoms with E-state index in [2.05, 4.69) is 5.32 Å². The van der Waals surface area contributed by atoms with Crippen LogP contribution in [0.5, 0.6) is 5.75 Å². The summed E-state index contributed by atoms with van der Waals surface area (Å²) in [7, 11) is 0. The average molecular weight is 497 g/mol. The first kappa shape index (κ1) is 26.1. The number of rotatable bonds is 8. The van der Waals surface area contributed by atoms with Gasteiger partial charge in [0.1, 0.15) is 5.75 Å². The third-order valence-electron chi connectivity index (χ3n) is 5.14. The Balaban J connectivity index is 1.71. The van der Waals surface area contributed by atoms with E-state index in [0.29, 0.717) is 17.7 Å². The zero-order valence-electron chi connectivity index (χ0n) is 18.2. The number of alkyl halides is 6. The molecular weight excluding hydrogens is 476 g/mol. The Labute approximate surface area is 197 Å². The number of carbonyl (C=O) groups is 1. The molecule has 1 atom stereocenters. The van der Waals surface area contributed by atoms with Crippen LogP contribution in [0.15, 0.2) is 72.8 Å². The van der Waals surface area contributed by atoms with Crippen LogP contribution in [0, 0.1) is 0 Å². The minimum atomic E-state index is -4.94. The van der Waals surface area contributed by atoms with Gasteiger partial charge in [0.15, 0.2) is 0 Å². The third-order valence-corrected chi connectivity index (χ3v) is 5.14. The van der Waals surface area contributed by atoms with Gasteiger partial charge in [0.2, 0.25) is 0 Å². The molecule has 186 valence electrons. The first-order chi connectivity index (χ1) is 16.4. The molecule has 0 spiro atoms. The molecule has 0 saturated carbocycles. The summed E-state index contributed by atoms with van der Waals surface area (Å²) in [6.45, 7) is -0.459. The van der Waals surface area contributed by atoms with Crippen LogP contribution in [0.2, 0.25) is 0 Å². The van der Waals surface area contributed by atoms with Crippen molar-refractivity contribution < 1.29 is 41.0 Å². The van der Waals surface area contributed by atoms with Gasteiger partial charge in [-0.15, -0.1) is 0 Å². The number of carbonyl (C=O) groups excluding carboxylic acids is 1. The molecule has 0 aliphatic rings.